The van der Waals surface area contributed by atoms with Gasteiger partial charge in [-0.1, -0.05) is 57.1 Å². The maximum absolute atomic E-state index is 12.4. The van der Waals surface area contributed by atoms with Gasteiger partial charge in [-0.2, -0.15) is 0 Å². The lowest BCUT2D eigenvalue weighted by atomic mass is 10.0. The summed E-state index contributed by atoms with van der Waals surface area (Å²) in [6, 6.07) is 18.2. The summed E-state index contributed by atoms with van der Waals surface area (Å²) in [6.07, 6.45) is 0. The van der Waals surface area contributed by atoms with Crippen LogP contribution < -0.4 is 14.4 Å². The normalized spacial score (nSPS) is 10.8. The summed E-state index contributed by atoms with van der Waals surface area (Å²) < 4.78 is 17.8. The molecule has 0 saturated heterocycles. The lowest BCUT2D eigenvalue weighted by molar-refractivity contribution is -0.136. The summed E-state index contributed by atoms with van der Waals surface area (Å²) in [5.41, 5.74) is 3.04. The predicted molar refractivity (Wildman–Crippen MR) is 116 cm³/mol. The first-order chi connectivity index (χ1) is 14.0. The van der Waals surface area contributed by atoms with Gasteiger partial charge in [0.1, 0.15) is 17.1 Å². The minimum atomic E-state index is -0.545. The van der Waals surface area contributed by atoms with Crippen LogP contribution in [0.4, 0.5) is 0 Å². The van der Waals surface area contributed by atoms with Gasteiger partial charge in [-0.05, 0) is 48.9 Å². The first-order valence-corrected chi connectivity index (χ1v) is 10.3. The van der Waals surface area contributed by atoms with E-state index in [2.05, 4.69) is 15.9 Å². The lowest BCUT2D eigenvalue weighted by Gasteiger charge is -2.12. The Balaban J connectivity index is 1.63. The lowest BCUT2D eigenvalue weighted by Crippen LogP contribution is -2.18. The molecule has 0 fully saturated rings. The number of hydrogen-bond donors (Lipinski definition) is 0. The maximum atomic E-state index is 12.4. The zero-order valence-corrected chi connectivity index (χ0v) is 17.7. The van der Waals surface area contributed by atoms with Gasteiger partial charge in [0.15, 0.2) is 6.61 Å². The van der Waals surface area contributed by atoms with Gasteiger partial charge in [-0.15, -0.1) is 0 Å². The molecule has 29 heavy (non-hydrogen) atoms. The molecule has 0 saturated carbocycles. The van der Waals surface area contributed by atoms with Crippen molar-refractivity contribution in [3.05, 3.63) is 80.4 Å². The summed E-state index contributed by atoms with van der Waals surface area (Å²) >= 11 is 4.33. The molecule has 1 heterocycles. The number of carbonyl (C=O) groups is 1. The van der Waals surface area contributed by atoms with Crippen molar-refractivity contribution in [3.8, 4) is 22.6 Å². The van der Waals surface area contributed by atoms with Gasteiger partial charge in [0.05, 0.1) is 4.70 Å². The molecule has 0 spiro atoms. The highest BCUT2D eigenvalue weighted by molar-refractivity contribution is 9.10. The number of esters is 1. The van der Waals surface area contributed by atoms with Crippen molar-refractivity contribution in [2.24, 2.45) is 0 Å². The molecule has 0 aliphatic carbocycles. The number of carbonyl (C=O) groups excluding carboxylic acids is 1. The maximum Gasteiger partial charge on any atom is 0.396 e. The Hall–Kier alpha value is -2.90. The largest absolute Gasteiger partial charge is 0.482 e. The zero-order chi connectivity index (χ0) is 20.4. The van der Waals surface area contributed by atoms with Crippen molar-refractivity contribution in [2.75, 3.05) is 6.61 Å². The average molecular weight is 471 g/mol. The molecule has 0 radical (unpaired) electrons. The standard InChI is InChI=1S/C22H15BrO5S/c1-13-2-4-14(5-3-13)20-17(10-11-18-21(20)29-22(25)28-18)27-19(24)12-26-16-8-6-15(23)7-9-16/h2-11H,12H2,1H3. The highest BCUT2D eigenvalue weighted by Gasteiger charge is 2.18. The highest BCUT2D eigenvalue weighted by Crippen LogP contribution is 2.38. The average Bonchev–Trinajstić information content (AvgIpc) is 3.08. The molecular weight excluding hydrogens is 456 g/mol. The Bertz CT molecular complexity index is 1220. The molecule has 0 unspecified atom stereocenters. The Morgan fingerprint density at radius 3 is 2.48 bits per heavy atom. The smallest absolute Gasteiger partial charge is 0.396 e. The summed E-state index contributed by atoms with van der Waals surface area (Å²) in [5, 5.41) is 0. The van der Waals surface area contributed by atoms with E-state index >= 15 is 0 Å². The molecule has 7 heteroatoms. The van der Waals surface area contributed by atoms with Crippen LogP contribution in [0, 0.1) is 6.92 Å². The highest BCUT2D eigenvalue weighted by atomic mass is 79.9. The van der Waals surface area contributed by atoms with Crippen molar-refractivity contribution in [1.29, 1.82) is 0 Å². The van der Waals surface area contributed by atoms with E-state index in [-0.39, 0.29) is 6.61 Å². The van der Waals surface area contributed by atoms with Crippen LogP contribution in [0.5, 0.6) is 11.5 Å². The number of hydrogen-bond acceptors (Lipinski definition) is 6. The zero-order valence-electron chi connectivity index (χ0n) is 15.3. The summed E-state index contributed by atoms with van der Waals surface area (Å²) in [6.45, 7) is 1.75. The van der Waals surface area contributed by atoms with Gasteiger partial charge in [0.2, 0.25) is 0 Å². The van der Waals surface area contributed by atoms with Crippen LogP contribution in [-0.2, 0) is 4.79 Å². The quantitative estimate of drug-likeness (QED) is 0.281. The third kappa shape index (κ3) is 4.41. The second-order valence-corrected chi connectivity index (χ2v) is 8.16. The van der Waals surface area contributed by atoms with Crippen molar-refractivity contribution in [2.45, 2.75) is 6.92 Å². The van der Waals surface area contributed by atoms with Gasteiger partial charge >= 0.3 is 10.9 Å². The molecule has 1 aromatic heterocycles. The van der Waals surface area contributed by atoms with Crippen LogP contribution in [0.1, 0.15) is 5.56 Å². The third-order valence-electron chi connectivity index (χ3n) is 4.20. The Morgan fingerprint density at radius 2 is 1.76 bits per heavy atom. The monoisotopic (exact) mass is 470 g/mol. The van der Waals surface area contributed by atoms with Crippen molar-refractivity contribution in [1.82, 2.24) is 0 Å². The van der Waals surface area contributed by atoms with Gasteiger partial charge < -0.3 is 13.9 Å². The molecule has 4 rings (SSSR count). The van der Waals surface area contributed by atoms with Crippen molar-refractivity contribution < 1.29 is 18.7 Å². The van der Waals surface area contributed by atoms with Crippen molar-refractivity contribution >= 4 is 43.5 Å². The van der Waals surface area contributed by atoms with Crippen LogP contribution in [0.3, 0.4) is 0 Å². The van der Waals surface area contributed by atoms with E-state index < -0.39 is 10.9 Å². The first kappa shape index (κ1) is 19.4. The predicted octanol–water partition coefficient (Wildman–Crippen LogP) is 5.58. The van der Waals surface area contributed by atoms with E-state index in [0.29, 0.717) is 27.3 Å². The number of ether oxygens (including phenoxy) is 2. The third-order valence-corrected chi connectivity index (χ3v) is 5.58. The molecule has 0 aliphatic rings. The van der Waals surface area contributed by atoms with Crippen LogP contribution >= 0.6 is 27.3 Å². The minimum Gasteiger partial charge on any atom is -0.482 e. The van der Waals surface area contributed by atoms with Crippen LogP contribution in [0.25, 0.3) is 21.4 Å². The van der Waals surface area contributed by atoms with Crippen LogP contribution in [0.15, 0.2) is 74.3 Å². The first-order valence-electron chi connectivity index (χ1n) is 8.72. The minimum absolute atomic E-state index is 0.241. The van der Waals surface area contributed by atoms with Gasteiger partial charge in [0.25, 0.3) is 0 Å². The molecule has 0 bridgehead atoms. The van der Waals surface area contributed by atoms with E-state index in [9.17, 15) is 9.59 Å². The Labute approximate surface area is 178 Å². The molecule has 0 aliphatic heterocycles. The summed E-state index contributed by atoms with van der Waals surface area (Å²) in [7, 11) is 0. The topological polar surface area (TPSA) is 65.7 Å². The molecule has 5 nitrogen and oxygen atoms in total. The summed E-state index contributed by atoms with van der Waals surface area (Å²) in [4.78, 5) is 23.8. The number of benzene rings is 3. The molecule has 0 amide bonds. The second-order valence-electron chi connectivity index (χ2n) is 6.30. The van der Waals surface area contributed by atoms with E-state index in [1.165, 1.54) is 0 Å². The second kappa shape index (κ2) is 8.23. The van der Waals surface area contributed by atoms with E-state index in [4.69, 9.17) is 13.9 Å². The molecule has 0 atom stereocenters. The molecule has 4 aromatic rings. The SMILES string of the molecule is Cc1ccc(-c2c(OC(=O)COc3ccc(Br)cc3)ccc3oc(=O)sc23)cc1. The fraction of sp³-hybridized carbons (Fsp3) is 0.0909. The summed E-state index contributed by atoms with van der Waals surface area (Å²) in [5.74, 6) is 0.367. The van der Waals surface area contributed by atoms with E-state index in [0.717, 1.165) is 26.9 Å². The van der Waals surface area contributed by atoms with Gasteiger partial charge in [-0.3, -0.25) is 0 Å². The molecular formula is C22H15BrO5S. The van der Waals surface area contributed by atoms with Crippen molar-refractivity contribution in [3.63, 3.8) is 0 Å². The fourth-order valence-corrected chi connectivity index (χ4v) is 3.92. The number of aryl methyl sites for hydroxylation is 1. The van der Waals surface area contributed by atoms with Crippen LogP contribution in [-0.4, -0.2) is 12.6 Å². The molecule has 3 aromatic carbocycles. The number of fused-ring (bicyclic) bond motifs is 1. The Morgan fingerprint density at radius 1 is 1.03 bits per heavy atom. The molecule has 0 N–H and O–H groups in total. The van der Waals surface area contributed by atoms with Gasteiger partial charge in [0, 0.05) is 10.0 Å². The molecule has 146 valence electrons. The van der Waals surface area contributed by atoms with E-state index in [1.807, 2.05) is 43.3 Å². The number of rotatable bonds is 5. The fourth-order valence-electron chi connectivity index (χ4n) is 2.82. The number of halogens is 1. The Kier molecular flexibility index (Phi) is 5.51. The van der Waals surface area contributed by atoms with Crippen LogP contribution in [0.2, 0.25) is 0 Å². The van der Waals surface area contributed by atoms with E-state index in [1.54, 1.807) is 24.3 Å². The van der Waals surface area contributed by atoms with Gasteiger partial charge in [-0.25, -0.2) is 9.59 Å².